The summed E-state index contributed by atoms with van der Waals surface area (Å²) in [7, 11) is 0. The summed E-state index contributed by atoms with van der Waals surface area (Å²) in [5, 5.41) is 12.1. The van der Waals surface area contributed by atoms with Gasteiger partial charge in [-0.3, -0.25) is 9.59 Å². The van der Waals surface area contributed by atoms with Gasteiger partial charge in [-0.2, -0.15) is 0 Å². The van der Waals surface area contributed by atoms with Gasteiger partial charge >= 0.3 is 5.97 Å². The molecule has 1 saturated heterocycles. The fourth-order valence-electron chi connectivity index (χ4n) is 2.24. The van der Waals surface area contributed by atoms with Crippen LogP contribution in [0, 0.1) is 11.3 Å². The van der Waals surface area contributed by atoms with Crippen LogP contribution in [-0.2, 0) is 14.3 Å². The van der Waals surface area contributed by atoms with Gasteiger partial charge in [-0.05, 0) is 25.7 Å². The Bertz CT molecular complexity index is 293. The van der Waals surface area contributed by atoms with Gasteiger partial charge in [0.15, 0.2) is 0 Å². The van der Waals surface area contributed by atoms with Crippen molar-refractivity contribution in [1.82, 2.24) is 5.32 Å². The molecule has 104 valence electrons. The highest BCUT2D eigenvalue weighted by Crippen LogP contribution is 2.26. The van der Waals surface area contributed by atoms with Gasteiger partial charge in [0.2, 0.25) is 5.91 Å². The van der Waals surface area contributed by atoms with E-state index in [1.807, 2.05) is 13.8 Å². The van der Waals surface area contributed by atoms with E-state index >= 15 is 0 Å². The molecule has 1 fully saturated rings. The Morgan fingerprint density at radius 2 is 1.83 bits per heavy atom. The molecule has 5 heteroatoms. The van der Waals surface area contributed by atoms with E-state index < -0.39 is 11.4 Å². The Hall–Kier alpha value is -1.10. The van der Waals surface area contributed by atoms with E-state index in [2.05, 4.69) is 5.32 Å². The Balaban J connectivity index is 2.51. The summed E-state index contributed by atoms with van der Waals surface area (Å²) >= 11 is 0. The van der Waals surface area contributed by atoms with Gasteiger partial charge < -0.3 is 15.2 Å². The minimum absolute atomic E-state index is 0.0287. The monoisotopic (exact) mass is 257 g/mol. The van der Waals surface area contributed by atoms with Gasteiger partial charge in [-0.15, -0.1) is 0 Å². The zero-order valence-corrected chi connectivity index (χ0v) is 11.2. The summed E-state index contributed by atoms with van der Waals surface area (Å²) in [4.78, 5) is 23.2. The van der Waals surface area contributed by atoms with Crippen LogP contribution in [0.5, 0.6) is 0 Å². The number of hydrogen-bond acceptors (Lipinski definition) is 3. The first-order valence-electron chi connectivity index (χ1n) is 6.64. The van der Waals surface area contributed by atoms with Crippen molar-refractivity contribution < 1.29 is 19.4 Å². The summed E-state index contributed by atoms with van der Waals surface area (Å²) in [6, 6.07) is 0. The molecule has 1 aliphatic heterocycles. The van der Waals surface area contributed by atoms with Gasteiger partial charge in [-0.25, -0.2) is 0 Å². The van der Waals surface area contributed by atoms with Crippen LogP contribution < -0.4 is 5.32 Å². The Labute approximate surface area is 108 Å². The molecule has 0 radical (unpaired) electrons. The first-order valence-corrected chi connectivity index (χ1v) is 6.64. The normalized spacial score (nSPS) is 17.4. The molecule has 0 aromatic heterocycles. The number of carboxylic acid groups (broad SMARTS) is 1. The van der Waals surface area contributed by atoms with Crippen molar-refractivity contribution in [3.63, 3.8) is 0 Å². The minimum Gasteiger partial charge on any atom is -0.481 e. The Morgan fingerprint density at radius 3 is 2.28 bits per heavy atom. The van der Waals surface area contributed by atoms with Crippen LogP contribution in [0.1, 0.15) is 39.5 Å². The molecule has 0 bridgehead atoms. The second kappa shape index (κ2) is 6.73. The van der Waals surface area contributed by atoms with Crippen LogP contribution in [0.4, 0.5) is 0 Å². The second-order valence-corrected chi connectivity index (χ2v) is 4.90. The van der Waals surface area contributed by atoms with Crippen molar-refractivity contribution in [3.05, 3.63) is 0 Å². The highest BCUT2D eigenvalue weighted by Gasteiger charge is 2.35. The molecule has 1 amide bonds. The first-order chi connectivity index (χ1) is 8.55. The number of hydrogen-bond donors (Lipinski definition) is 2. The molecule has 0 aliphatic carbocycles. The molecule has 0 atom stereocenters. The molecular weight excluding hydrogens is 234 g/mol. The number of ether oxygens (including phenoxy) is 1. The molecule has 0 spiro atoms. The molecule has 5 nitrogen and oxygen atoms in total. The summed E-state index contributed by atoms with van der Waals surface area (Å²) < 4.78 is 5.20. The van der Waals surface area contributed by atoms with Gasteiger partial charge in [0.25, 0.3) is 0 Å². The maximum atomic E-state index is 11.9. The largest absolute Gasteiger partial charge is 0.481 e. The number of aliphatic carboxylic acids is 1. The lowest BCUT2D eigenvalue weighted by molar-refractivity contribution is -0.149. The third-order valence-electron chi connectivity index (χ3n) is 4.00. The number of amides is 1. The predicted octanol–water partition coefficient (Wildman–Crippen LogP) is 1.42. The number of carboxylic acids is 1. The number of rotatable bonds is 6. The van der Waals surface area contributed by atoms with Crippen LogP contribution in [-0.4, -0.2) is 36.7 Å². The average Bonchev–Trinajstić information content (AvgIpc) is 2.41. The van der Waals surface area contributed by atoms with Crippen LogP contribution in [0.25, 0.3) is 0 Å². The maximum Gasteiger partial charge on any atom is 0.311 e. The number of nitrogens with one attached hydrogen (secondary N) is 1. The van der Waals surface area contributed by atoms with E-state index in [0.29, 0.717) is 26.1 Å². The third-order valence-corrected chi connectivity index (χ3v) is 4.00. The van der Waals surface area contributed by atoms with Crippen molar-refractivity contribution >= 4 is 11.9 Å². The van der Waals surface area contributed by atoms with Crippen LogP contribution >= 0.6 is 0 Å². The van der Waals surface area contributed by atoms with E-state index in [1.165, 1.54) is 0 Å². The molecule has 2 N–H and O–H groups in total. The molecule has 1 aliphatic rings. The molecule has 0 saturated carbocycles. The molecule has 18 heavy (non-hydrogen) atoms. The summed E-state index contributed by atoms with van der Waals surface area (Å²) in [5.41, 5.74) is -0.833. The van der Waals surface area contributed by atoms with Crippen LogP contribution in [0.3, 0.4) is 0 Å². The number of carbonyl (C=O) groups is 2. The Kier molecular flexibility index (Phi) is 5.59. The summed E-state index contributed by atoms with van der Waals surface area (Å²) in [6.07, 6.45) is 2.49. The van der Waals surface area contributed by atoms with Crippen molar-refractivity contribution in [1.29, 1.82) is 0 Å². The fraction of sp³-hybridized carbons (Fsp3) is 0.846. The topological polar surface area (TPSA) is 75.6 Å². The average molecular weight is 257 g/mol. The molecule has 0 aromatic carbocycles. The standard InChI is InChI=1S/C13H23NO4/c1-3-13(4-2,12(16)17)9-14-11(15)10-5-7-18-8-6-10/h10H,3-9H2,1-2H3,(H,14,15)(H,16,17). The van der Waals surface area contributed by atoms with Gasteiger partial charge in [0.05, 0.1) is 5.41 Å². The van der Waals surface area contributed by atoms with Gasteiger partial charge in [0.1, 0.15) is 0 Å². The molecule has 1 rings (SSSR count). The summed E-state index contributed by atoms with van der Waals surface area (Å²) in [5.74, 6) is -0.899. The molecular formula is C13H23NO4. The van der Waals surface area contributed by atoms with Crippen LogP contribution in [0.15, 0.2) is 0 Å². The summed E-state index contributed by atoms with van der Waals surface area (Å²) in [6.45, 7) is 5.13. The van der Waals surface area contributed by atoms with Crippen molar-refractivity contribution in [2.75, 3.05) is 19.8 Å². The highest BCUT2D eigenvalue weighted by molar-refractivity contribution is 5.80. The highest BCUT2D eigenvalue weighted by atomic mass is 16.5. The lowest BCUT2D eigenvalue weighted by Gasteiger charge is -2.28. The minimum atomic E-state index is -0.834. The lowest BCUT2D eigenvalue weighted by atomic mass is 9.82. The second-order valence-electron chi connectivity index (χ2n) is 4.90. The number of carbonyl (C=O) groups excluding carboxylic acids is 1. The first kappa shape index (κ1) is 15.0. The zero-order valence-electron chi connectivity index (χ0n) is 11.2. The quantitative estimate of drug-likeness (QED) is 0.754. The van der Waals surface area contributed by atoms with Crippen molar-refractivity contribution in [3.8, 4) is 0 Å². The van der Waals surface area contributed by atoms with Crippen LogP contribution in [0.2, 0.25) is 0 Å². The lowest BCUT2D eigenvalue weighted by Crippen LogP contribution is -2.44. The van der Waals surface area contributed by atoms with E-state index in [9.17, 15) is 14.7 Å². The third kappa shape index (κ3) is 3.45. The van der Waals surface area contributed by atoms with Gasteiger partial charge in [0, 0.05) is 25.7 Å². The predicted molar refractivity (Wildman–Crippen MR) is 67.2 cm³/mol. The van der Waals surface area contributed by atoms with E-state index in [4.69, 9.17) is 4.74 Å². The van der Waals surface area contributed by atoms with E-state index in [0.717, 1.165) is 12.8 Å². The molecule has 1 heterocycles. The van der Waals surface area contributed by atoms with E-state index in [1.54, 1.807) is 0 Å². The zero-order chi connectivity index (χ0) is 13.6. The molecule has 0 unspecified atom stereocenters. The SMILES string of the molecule is CCC(CC)(CNC(=O)C1CCOCC1)C(=O)O. The van der Waals surface area contributed by atoms with Gasteiger partial charge in [-0.1, -0.05) is 13.8 Å². The van der Waals surface area contributed by atoms with Crippen molar-refractivity contribution in [2.24, 2.45) is 11.3 Å². The maximum absolute atomic E-state index is 11.9. The molecule has 0 aromatic rings. The van der Waals surface area contributed by atoms with Crippen molar-refractivity contribution in [2.45, 2.75) is 39.5 Å². The van der Waals surface area contributed by atoms with E-state index in [-0.39, 0.29) is 18.4 Å². The fourth-order valence-corrected chi connectivity index (χ4v) is 2.24. The Morgan fingerprint density at radius 1 is 1.28 bits per heavy atom. The smallest absolute Gasteiger partial charge is 0.311 e.